The maximum Gasteiger partial charge on any atom is 0.256 e. The summed E-state index contributed by atoms with van der Waals surface area (Å²) in [6, 6.07) is 17.1. The van der Waals surface area contributed by atoms with Crippen molar-refractivity contribution in [3.8, 4) is 11.3 Å². The predicted molar refractivity (Wildman–Crippen MR) is 124 cm³/mol. The number of fused-ring (bicyclic) bond motifs is 2. The number of carbonyl (C=O) groups excluding carboxylic acids is 2. The highest BCUT2D eigenvalue weighted by Crippen LogP contribution is 2.28. The van der Waals surface area contributed by atoms with Crippen molar-refractivity contribution in [1.29, 1.82) is 0 Å². The molecule has 4 aromatic rings. The van der Waals surface area contributed by atoms with Crippen molar-refractivity contribution >= 4 is 28.5 Å². The van der Waals surface area contributed by atoms with Gasteiger partial charge in [0, 0.05) is 37.5 Å². The third kappa shape index (κ3) is 3.32. The highest BCUT2D eigenvalue weighted by atomic mass is 16.2. The van der Waals surface area contributed by atoms with Crippen LogP contribution in [0.15, 0.2) is 54.6 Å². The van der Waals surface area contributed by atoms with Gasteiger partial charge in [-0.1, -0.05) is 36.4 Å². The number of hydrogen-bond donors (Lipinski definition) is 1. The maximum absolute atomic E-state index is 13.4. The van der Waals surface area contributed by atoms with Gasteiger partial charge < -0.3 is 10.2 Å². The van der Waals surface area contributed by atoms with E-state index < -0.39 is 0 Å². The van der Waals surface area contributed by atoms with Gasteiger partial charge in [-0.25, -0.2) is 4.98 Å². The fraction of sp³-hybridized carbons (Fsp3) is 0.200. The first-order valence-electron chi connectivity index (χ1n) is 10.5. The lowest BCUT2D eigenvalue weighted by molar-refractivity contribution is 0.0780. The molecule has 2 aromatic heterocycles. The molecule has 7 nitrogen and oxygen atoms in total. The molecule has 1 aliphatic rings. The lowest BCUT2D eigenvalue weighted by Crippen LogP contribution is -2.34. The Morgan fingerprint density at radius 1 is 1.06 bits per heavy atom. The fourth-order valence-corrected chi connectivity index (χ4v) is 4.25. The molecule has 1 N–H and O–H groups in total. The van der Waals surface area contributed by atoms with Crippen LogP contribution in [-0.4, -0.2) is 45.1 Å². The van der Waals surface area contributed by atoms with Gasteiger partial charge in [-0.2, -0.15) is 5.10 Å². The molecule has 0 saturated carbocycles. The van der Waals surface area contributed by atoms with E-state index in [2.05, 4.69) is 10.4 Å². The normalized spacial score (nSPS) is 13.3. The molecular weight excluding hydrogens is 402 g/mol. The van der Waals surface area contributed by atoms with E-state index in [0.29, 0.717) is 34.7 Å². The molecule has 0 unspecified atom stereocenters. The second-order valence-electron chi connectivity index (χ2n) is 8.13. The molecule has 0 bridgehead atoms. The van der Waals surface area contributed by atoms with E-state index in [1.807, 2.05) is 56.4 Å². The van der Waals surface area contributed by atoms with Crippen LogP contribution >= 0.6 is 0 Å². The first kappa shape index (κ1) is 19.9. The Balaban J connectivity index is 1.57. The average Bonchev–Trinajstić information content (AvgIpc) is 3.10. The third-order valence-electron chi connectivity index (χ3n) is 5.94. The molecule has 7 heteroatoms. The number of anilines is 1. The lowest BCUT2D eigenvalue weighted by Gasteiger charge is -2.25. The van der Waals surface area contributed by atoms with Crippen LogP contribution in [-0.2, 0) is 13.5 Å². The van der Waals surface area contributed by atoms with Gasteiger partial charge in [0.25, 0.3) is 11.8 Å². The van der Waals surface area contributed by atoms with Crippen LogP contribution in [0.2, 0.25) is 0 Å². The molecule has 1 aliphatic heterocycles. The summed E-state index contributed by atoms with van der Waals surface area (Å²) in [5.41, 5.74) is 5.74. The van der Waals surface area contributed by atoms with Gasteiger partial charge in [-0.05, 0) is 37.1 Å². The Morgan fingerprint density at radius 3 is 2.62 bits per heavy atom. The van der Waals surface area contributed by atoms with Crippen molar-refractivity contribution in [2.75, 3.05) is 18.9 Å². The topological polar surface area (TPSA) is 80.1 Å². The second kappa shape index (κ2) is 7.60. The Hall–Kier alpha value is -4.00. The van der Waals surface area contributed by atoms with Crippen LogP contribution in [0.25, 0.3) is 22.3 Å². The van der Waals surface area contributed by atoms with Gasteiger partial charge in [0.05, 0.1) is 22.3 Å². The summed E-state index contributed by atoms with van der Waals surface area (Å²) in [4.78, 5) is 32.4. The van der Waals surface area contributed by atoms with Crippen LogP contribution in [0.5, 0.6) is 0 Å². The van der Waals surface area contributed by atoms with E-state index in [4.69, 9.17) is 4.98 Å². The standard InChI is InChI=1S/C25H23N5O2/c1-15-22-20(14-21(17-7-5-4-6-8-17)27-23(22)30(3)28-15)24(31)26-18-10-9-16-11-12-29(2)25(32)19(16)13-18/h4-10,13-14H,11-12H2,1-3H3,(H,26,31). The number of nitrogens with one attached hydrogen (secondary N) is 1. The first-order chi connectivity index (χ1) is 15.4. The predicted octanol–water partition coefficient (Wildman–Crippen LogP) is 3.82. The number of carbonyl (C=O) groups is 2. The number of aromatic nitrogens is 3. The minimum Gasteiger partial charge on any atom is -0.341 e. The number of hydrogen-bond acceptors (Lipinski definition) is 4. The zero-order chi connectivity index (χ0) is 22.4. The zero-order valence-electron chi connectivity index (χ0n) is 18.2. The van der Waals surface area contributed by atoms with Gasteiger partial charge >= 0.3 is 0 Å². The zero-order valence-corrected chi connectivity index (χ0v) is 18.2. The van der Waals surface area contributed by atoms with E-state index in [1.165, 1.54) is 0 Å². The maximum atomic E-state index is 13.4. The summed E-state index contributed by atoms with van der Waals surface area (Å²) < 4.78 is 1.70. The highest BCUT2D eigenvalue weighted by molar-refractivity contribution is 6.13. The lowest BCUT2D eigenvalue weighted by atomic mass is 9.98. The first-order valence-corrected chi connectivity index (χ1v) is 10.5. The van der Waals surface area contributed by atoms with Gasteiger partial charge in [0.1, 0.15) is 0 Å². The quantitative estimate of drug-likeness (QED) is 0.541. The molecule has 2 aromatic carbocycles. The van der Waals surface area contributed by atoms with Crippen molar-refractivity contribution in [3.63, 3.8) is 0 Å². The Morgan fingerprint density at radius 2 is 1.84 bits per heavy atom. The highest BCUT2D eigenvalue weighted by Gasteiger charge is 2.23. The molecule has 160 valence electrons. The molecule has 0 spiro atoms. The van der Waals surface area contributed by atoms with Crippen LogP contribution in [0.3, 0.4) is 0 Å². The summed E-state index contributed by atoms with van der Waals surface area (Å²) in [7, 11) is 3.62. The SMILES string of the molecule is Cc1nn(C)c2nc(-c3ccccc3)cc(C(=O)Nc3ccc4c(c3)C(=O)N(C)CC4)c12. The summed E-state index contributed by atoms with van der Waals surface area (Å²) in [6.45, 7) is 2.57. The summed E-state index contributed by atoms with van der Waals surface area (Å²) in [5, 5.41) is 8.17. The minimum absolute atomic E-state index is 0.0249. The molecule has 5 rings (SSSR count). The van der Waals surface area contributed by atoms with Crippen molar-refractivity contribution in [1.82, 2.24) is 19.7 Å². The van der Waals surface area contributed by atoms with Crippen LogP contribution in [0.1, 0.15) is 32.0 Å². The Bertz CT molecular complexity index is 1370. The number of rotatable bonds is 3. The summed E-state index contributed by atoms with van der Waals surface area (Å²) >= 11 is 0. The monoisotopic (exact) mass is 425 g/mol. The molecule has 0 radical (unpaired) electrons. The van der Waals surface area contributed by atoms with E-state index >= 15 is 0 Å². The van der Waals surface area contributed by atoms with Crippen LogP contribution in [0.4, 0.5) is 5.69 Å². The Labute approximate surface area is 185 Å². The largest absolute Gasteiger partial charge is 0.341 e. The van der Waals surface area contributed by atoms with E-state index in [1.54, 1.807) is 28.8 Å². The van der Waals surface area contributed by atoms with Crippen molar-refractivity contribution in [2.45, 2.75) is 13.3 Å². The third-order valence-corrected chi connectivity index (χ3v) is 5.94. The summed E-state index contributed by atoms with van der Waals surface area (Å²) in [5.74, 6) is -0.287. The van der Waals surface area contributed by atoms with E-state index in [9.17, 15) is 9.59 Å². The number of benzene rings is 2. The molecule has 0 aliphatic carbocycles. The fourth-order valence-electron chi connectivity index (χ4n) is 4.25. The minimum atomic E-state index is -0.262. The van der Waals surface area contributed by atoms with Gasteiger partial charge in [-0.15, -0.1) is 0 Å². The summed E-state index contributed by atoms with van der Waals surface area (Å²) in [6.07, 6.45) is 0.812. The van der Waals surface area contributed by atoms with Crippen molar-refractivity contribution < 1.29 is 9.59 Å². The molecule has 0 atom stereocenters. The second-order valence-corrected chi connectivity index (χ2v) is 8.13. The number of pyridine rings is 1. The van der Waals surface area contributed by atoms with Crippen LogP contribution < -0.4 is 5.32 Å². The smallest absolute Gasteiger partial charge is 0.256 e. The Kier molecular flexibility index (Phi) is 4.74. The van der Waals surface area contributed by atoms with Gasteiger partial charge in [0.15, 0.2) is 5.65 Å². The molecule has 32 heavy (non-hydrogen) atoms. The van der Waals surface area contributed by atoms with E-state index in [-0.39, 0.29) is 11.8 Å². The molecule has 3 heterocycles. The van der Waals surface area contributed by atoms with E-state index in [0.717, 1.165) is 28.6 Å². The molecule has 0 saturated heterocycles. The van der Waals surface area contributed by atoms with Crippen molar-refractivity contribution in [3.05, 3.63) is 77.0 Å². The molecular formula is C25H23N5O2. The number of likely N-dealkylation sites (N-methyl/N-ethyl adjacent to an activating group) is 1. The number of aryl methyl sites for hydroxylation is 2. The number of nitrogens with zero attached hydrogens (tertiary/aromatic N) is 4. The number of amides is 2. The van der Waals surface area contributed by atoms with Crippen LogP contribution in [0, 0.1) is 6.92 Å². The van der Waals surface area contributed by atoms with Crippen molar-refractivity contribution in [2.24, 2.45) is 7.05 Å². The van der Waals surface area contributed by atoms with Gasteiger partial charge in [-0.3, -0.25) is 14.3 Å². The average molecular weight is 425 g/mol. The van der Waals surface area contributed by atoms with Gasteiger partial charge in [0.2, 0.25) is 0 Å². The molecule has 2 amide bonds. The molecule has 0 fully saturated rings.